The van der Waals surface area contributed by atoms with E-state index < -0.39 is 0 Å². The lowest BCUT2D eigenvalue weighted by atomic mass is 10.1. The molecule has 0 radical (unpaired) electrons. The van der Waals surface area contributed by atoms with Crippen LogP contribution >= 0.6 is 0 Å². The van der Waals surface area contributed by atoms with Gasteiger partial charge in [0.25, 0.3) is 0 Å². The Bertz CT molecular complexity index is 587. The predicted octanol–water partition coefficient (Wildman–Crippen LogP) is 1.31. The van der Waals surface area contributed by atoms with E-state index in [0.717, 1.165) is 58.1 Å². The molecule has 1 aromatic carbocycles. The Balaban J connectivity index is 1.40. The number of benzene rings is 1. The maximum absolute atomic E-state index is 12.1. The van der Waals surface area contributed by atoms with E-state index >= 15 is 0 Å². The highest BCUT2D eigenvalue weighted by Crippen LogP contribution is 2.20. The summed E-state index contributed by atoms with van der Waals surface area (Å²) < 4.78 is 10.4. The van der Waals surface area contributed by atoms with Crippen LogP contribution in [0.4, 0.5) is 0 Å². The Kier molecular flexibility index (Phi) is 6.88. The van der Waals surface area contributed by atoms with Crippen LogP contribution in [0.25, 0.3) is 0 Å². The van der Waals surface area contributed by atoms with Crippen LogP contribution in [0.5, 0.6) is 5.75 Å². The van der Waals surface area contributed by atoms with Crippen LogP contribution in [0.3, 0.4) is 0 Å². The molecule has 0 aromatic heterocycles. The highest BCUT2D eigenvalue weighted by molar-refractivity contribution is 5.78. The van der Waals surface area contributed by atoms with Crippen molar-refractivity contribution in [1.82, 2.24) is 14.7 Å². The second-order valence-corrected chi connectivity index (χ2v) is 7.33. The van der Waals surface area contributed by atoms with Gasteiger partial charge >= 0.3 is 0 Å². The first-order chi connectivity index (χ1) is 12.7. The molecule has 0 aliphatic carbocycles. The van der Waals surface area contributed by atoms with Crippen molar-refractivity contribution in [3.8, 4) is 5.75 Å². The number of methoxy groups -OCH3 is 2. The zero-order valence-electron chi connectivity index (χ0n) is 16.0. The van der Waals surface area contributed by atoms with Gasteiger partial charge in [0, 0.05) is 65.9 Å². The zero-order valence-corrected chi connectivity index (χ0v) is 16.0. The summed E-state index contributed by atoms with van der Waals surface area (Å²) in [6.45, 7) is 8.53. The molecule has 0 bridgehead atoms. The molecule has 3 rings (SSSR count). The van der Waals surface area contributed by atoms with Gasteiger partial charge in [0.15, 0.2) is 0 Å². The summed E-state index contributed by atoms with van der Waals surface area (Å²) in [5.41, 5.74) is 1.30. The van der Waals surface area contributed by atoms with Crippen molar-refractivity contribution in [2.75, 3.05) is 66.6 Å². The number of nitrogens with zero attached hydrogens (tertiary/aromatic N) is 3. The first-order valence-electron chi connectivity index (χ1n) is 9.52. The highest BCUT2D eigenvalue weighted by atomic mass is 16.5. The summed E-state index contributed by atoms with van der Waals surface area (Å²) >= 11 is 0. The van der Waals surface area contributed by atoms with Crippen LogP contribution in [0, 0.1) is 5.92 Å². The summed E-state index contributed by atoms with van der Waals surface area (Å²) in [7, 11) is 3.39. The normalized spacial score (nSPS) is 22.2. The van der Waals surface area contributed by atoms with E-state index in [0.29, 0.717) is 18.9 Å². The van der Waals surface area contributed by atoms with Gasteiger partial charge in [0.05, 0.1) is 13.7 Å². The fraction of sp³-hybridized carbons (Fsp3) is 0.650. The Morgan fingerprint density at radius 3 is 2.62 bits per heavy atom. The topological polar surface area (TPSA) is 45.2 Å². The molecule has 1 aromatic rings. The van der Waals surface area contributed by atoms with E-state index in [1.165, 1.54) is 5.56 Å². The Morgan fingerprint density at radius 1 is 1.12 bits per heavy atom. The fourth-order valence-corrected chi connectivity index (χ4v) is 3.92. The molecule has 0 saturated carbocycles. The molecule has 2 saturated heterocycles. The smallest absolute Gasteiger partial charge is 0.223 e. The lowest BCUT2D eigenvalue weighted by molar-refractivity contribution is -0.128. The molecule has 1 atom stereocenters. The van der Waals surface area contributed by atoms with Crippen LogP contribution in [-0.4, -0.2) is 87.2 Å². The van der Waals surface area contributed by atoms with E-state index in [4.69, 9.17) is 9.47 Å². The molecule has 1 amide bonds. The molecule has 2 aliphatic rings. The molecule has 2 aliphatic heterocycles. The van der Waals surface area contributed by atoms with Crippen molar-refractivity contribution >= 4 is 5.91 Å². The number of ether oxygens (including phenoxy) is 2. The number of rotatable bonds is 8. The van der Waals surface area contributed by atoms with Crippen molar-refractivity contribution in [3.63, 3.8) is 0 Å². The van der Waals surface area contributed by atoms with Crippen molar-refractivity contribution in [2.45, 2.75) is 13.0 Å². The standard InChI is InChI=1S/C20H31N3O3/c1-25-11-10-23-16-18(13-20(23)24)15-22-8-6-21(7-9-22)14-17-4-3-5-19(12-17)26-2/h3-5,12,18H,6-11,13-16H2,1-2H3/t18-/m1/s1. The predicted molar refractivity (Wildman–Crippen MR) is 101 cm³/mol. The number of amides is 1. The molecule has 144 valence electrons. The molecular formula is C20H31N3O3. The first kappa shape index (κ1) is 19.1. The van der Waals surface area contributed by atoms with Gasteiger partial charge in [-0.15, -0.1) is 0 Å². The van der Waals surface area contributed by atoms with E-state index in [9.17, 15) is 4.79 Å². The van der Waals surface area contributed by atoms with Crippen LogP contribution in [-0.2, 0) is 16.1 Å². The number of likely N-dealkylation sites (tertiary alicyclic amines) is 1. The number of carbonyl (C=O) groups excluding carboxylic acids is 1. The third kappa shape index (κ3) is 5.19. The van der Waals surface area contributed by atoms with Crippen LogP contribution < -0.4 is 4.74 Å². The zero-order chi connectivity index (χ0) is 18.4. The SMILES string of the molecule is COCCN1C[C@@H](CN2CCN(Cc3cccc(OC)c3)CC2)CC1=O. The van der Waals surface area contributed by atoms with Crippen LogP contribution in [0.1, 0.15) is 12.0 Å². The van der Waals surface area contributed by atoms with E-state index in [-0.39, 0.29) is 5.91 Å². The van der Waals surface area contributed by atoms with Gasteiger partial charge in [-0.3, -0.25) is 9.69 Å². The van der Waals surface area contributed by atoms with Gasteiger partial charge in [-0.05, 0) is 23.6 Å². The van der Waals surface area contributed by atoms with Gasteiger partial charge in [-0.25, -0.2) is 0 Å². The summed E-state index contributed by atoms with van der Waals surface area (Å²) in [6.07, 6.45) is 0.688. The monoisotopic (exact) mass is 361 g/mol. The summed E-state index contributed by atoms with van der Waals surface area (Å²) in [5.74, 6) is 1.66. The molecule has 6 heteroatoms. The van der Waals surface area contributed by atoms with Crippen molar-refractivity contribution in [1.29, 1.82) is 0 Å². The van der Waals surface area contributed by atoms with E-state index in [1.807, 2.05) is 11.0 Å². The largest absolute Gasteiger partial charge is 0.497 e. The van der Waals surface area contributed by atoms with Crippen LogP contribution in [0.15, 0.2) is 24.3 Å². The van der Waals surface area contributed by atoms with Crippen molar-refractivity contribution in [3.05, 3.63) is 29.8 Å². The minimum atomic E-state index is 0.281. The number of carbonyl (C=O) groups is 1. The van der Waals surface area contributed by atoms with E-state index in [1.54, 1.807) is 14.2 Å². The van der Waals surface area contributed by atoms with Crippen molar-refractivity contribution in [2.24, 2.45) is 5.92 Å². The molecule has 0 unspecified atom stereocenters. The summed E-state index contributed by atoms with van der Waals surface area (Å²) in [4.78, 5) is 19.0. The lowest BCUT2D eigenvalue weighted by Crippen LogP contribution is -2.47. The highest BCUT2D eigenvalue weighted by Gasteiger charge is 2.31. The Hall–Kier alpha value is -1.63. The summed E-state index contributed by atoms with van der Waals surface area (Å²) in [6, 6.07) is 8.32. The average molecular weight is 361 g/mol. The molecule has 0 N–H and O–H groups in total. The molecule has 6 nitrogen and oxygen atoms in total. The lowest BCUT2D eigenvalue weighted by Gasteiger charge is -2.35. The van der Waals surface area contributed by atoms with Crippen molar-refractivity contribution < 1.29 is 14.3 Å². The minimum absolute atomic E-state index is 0.281. The maximum Gasteiger partial charge on any atom is 0.223 e. The number of piperazine rings is 1. The number of hydrogen-bond acceptors (Lipinski definition) is 5. The third-order valence-electron chi connectivity index (χ3n) is 5.38. The first-order valence-corrected chi connectivity index (χ1v) is 9.52. The summed E-state index contributed by atoms with van der Waals surface area (Å²) in [5, 5.41) is 0. The second-order valence-electron chi connectivity index (χ2n) is 7.33. The third-order valence-corrected chi connectivity index (χ3v) is 5.38. The fourth-order valence-electron chi connectivity index (χ4n) is 3.92. The van der Waals surface area contributed by atoms with Gasteiger partial charge in [0.2, 0.25) is 5.91 Å². The molecular weight excluding hydrogens is 330 g/mol. The Morgan fingerprint density at radius 2 is 1.88 bits per heavy atom. The van der Waals surface area contributed by atoms with Gasteiger partial charge in [-0.2, -0.15) is 0 Å². The molecule has 2 fully saturated rings. The molecule has 26 heavy (non-hydrogen) atoms. The average Bonchev–Trinajstić information content (AvgIpc) is 3.01. The quantitative estimate of drug-likeness (QED) is 0.699. The molecule has 0 spiro atoms. The van der Waals surface area contributed by atoms with Gasteiger partial charge in [-0.1, -0.05) is 12.1 Å². The van der Waals surface area contributed by atoms with Gasteiger partial charge in [0.1, 0.15) is 5.75 Å². The van der Waals surface area contributed by atoms with Gasteiger partial charge < -0.3 is 19.3 Å². The molecule has 2 heterocycles. The second kappa shape index (κ2) is 9.35. The van der Waals surface area contributed by atoms with E-state index in [2.05, 4.69) is 28.0 Å². The number of hydrogen-bond donors (Lipinski definition) is 0. The maximum atomic E-state index is 12.1. The minimum Gasteiger partial charge on any atom is -0.497 e. The van der Waals surface area contributed by atoms with Crippen LogP contribution in [0.2, 0.25) is 0 Å². The Labute approximate surface area is 156 Å².